The van der Waals surface area contributed by atoms with E-state index in [0.29, 0.717) is 38.4 Å². The molecule has 0 amide bonds. The molecule has 0 rings (SSSR count). The molecule has 0 saturated carbocycles. The Morgan fingerprint density at radius 3 is 2.40 bits per heavy atom. The maximum absolute atomic E-state index is 5.40. The first-order valence-corrected chi connectivity index (χ1v) is 7.51. The molecule has 0 aliphatic heterocycles. The minimum atomic E-state index is 0. The van der Waals surface area contributed by atoms with Gasteiger partial charge in [0.2, 0.25) is 0 Å². The minimum absolute atomic E-state index is 0. The molecule has 0 spiro atoms. The Labute approximate surface area is 126 Å². The molecule has 0 heterocycles. The van der Waals surface area contributed by atoms with Crippen LogP contribution in [0.25, 0.3) is 0 Å². The molecule has 20 heavy (non-hydrogen) atoms. The fourth-order valence-electron chi connectivity index (χ4n) is 1.26. The van der Waals surface area contributed by atoms with Gasteiger partial charge in [-0.05, 0) is 17.8 Å². The number of nitrogens with one attached hydrogen (secondary N) is 1. The van der Waals surface area contributed by atoms with Crippen molar-refractivity contribution in [1.82, 2.24) is 5.32 Å². The van der Waals surface area contributed by atoms with Crippen molar-refractivity contribution in [3.05, 3.63) is 0 Å². The fourth-order valence-corrected chi connectivity index (χ4v) is 1.26. The van der Waals surface area contributed by atoms with Crippen LogP contribution in [0.1, 0.15) is 42.0 Å². The quantitative estimate of drug-likeness (QED) is 0.493. The number of hydrogen-bond acceptors (Lipinski definition) is 3. The smallest absolute Gasteiger partial charge is 0.108 e. The third kappa shape index (κ3) is 15.1. The Kier molecular flexibility index (Phi) is 13.7. The Morgan fingerprint density at radius 1 is 1.00 bits per heavy atom. The van der Waals surface area contributed by atoms with E-state index in [4.69, 9.17) is 9.47 Å². The van der Waals surface area contributed by atoms with Crippen LogP contribution in [0.15, 0.2) is 0 Å². The van der Waals surface area contributed by atoms with Crippen LogP contribution < -0.4 is 5.32 Å². The monoisotopic (exact) mass is 281 g/mol. The van der Waals surface area contributed by atoms with E-state index in [2.05, 4.69) is 56.7 Å². The minimum Gasteiger partial charge on any atom is -0.378 e. The van der Waals surface area contributed by atoms with E-state index < -0.39 is 0 Å². The van der Waals surface area contributed by atoms with Crippen molar-refractivity contribution in [1.29, 1.82) is 0 Å². The van der Waals surface area contributed by atoms with Crippen molar-refractivity contribution in [3.8, 4) is 23.7 Å². The average Bonchev–Trinajstić information content (AvgIpc) is 2.43. The van der Waals surface area contributed by atoms with Crippen molar-refractivity contribution in [3.63, 3.8) is 0 Å². The highest BCUT2D eigenvalue weighted by atomic mass is 16.5. The van der Waals surface area contributed by atoms with Crippen LogP contribution in [-0.4, -0.2) is 39.0 Å². The predicted octanol–water partition coefficient (Wildman–Crippen LogP) is 2.71. The third-order valence-corrected chi connectivity index (χ3v) is 2.73. The maximum atomic E-state index is 5.40. The molecular formula is C17H31NO2. The lowest BCUT2D eigenvalue weighted by Gasteiger charge is -2.08. The second kappa shape index (κ2) is 14.4. The van der Waals surface area contributed by atoms with Gasteiger partial charge in [-0.3, -0.25) is 0 Å². The summed E-state index contributed by atoms with van der Waals surface area (Å²) in [6.45, 7) is 11.8. The SMILES string of the molecule is CCC(C)CC#CC#CCOCCOCCNC(C)C.[HH]. The summed E-state index contributed by atoms with van der Waals surface area (Å²) in [4.78, 5) is 0. The van der Waals surface area contributed by atoms with E-state index in [1.807, 2.05) is 0 Å². The van der Waals surface area contributed by atoms with Gasteiger partial charge in [0.05, 0.1) is 19.8 Å². The van der Waals surface area contributed by atoms with Gasteiger partial charge >= 0.3 is 0 Å². The molecule has 0 aliphatic rings. The Bertz CT molecular complexity index is 336. The van der Waals surface area contributed by atoms with Crippen molar-refractivity contribution >= 4 is 0 Å². The van der Waals surface area contributed by atoms with E-state index >= 15 is 0 Å². The molecule has 0 saturated heterocycles. The molecule has 0 bridgehead atoms. The molecule has 0 aromatic rings. The van der Waals surface area contributed by atoms with Gasteiger partial charge < -0.3 is 14.8 Å². The standard InChI is InChI=1S/C17H29NO2.H2/c1-5-17(4)10-8-6-7-9-12-19-14-15-20-13-11-18-16(2)3;/h16-18H,5,10-15H2,1-4H3;1H. The second-order valence-corrected chi connectivity index (χ2v) is 5.09. The lowest BCUT2D eigenvalue weighted by Crippen LogP contribution is -2.27. The van der Waals surface area contributed by atoms with Crippen molar-refractivity contribution in [2.24, 2.45) is 5.92 Å². The summed E-state index contributed by atoms with van der Waals surface area (Å²) in [5.41, 5.74) is 0. The summed E-state index contributed by atoms with van der Waals surface area (Å²) in [6.07, 6.45) is 2.09. The number of hydrogen-bond donors (Lipinski definition) is 1. The summed E-state index contributed by atoms with van der Waals surface area (Å²) in [5, 5.41) is 3.28. The molecule has 3 nitrogen and oxygen atoms in total. The first-order valence-electron chi connectivity index (χ1n) is 7.51. The van der Waals surface area contributed by atoms with E-state index in [1.54, 1.807) is 0 Å². The van der Waals surface area contributed by atoms with Gasteiger partial charge in [0.25, 0.3) is 0 Å². The highest BCUT2D eigenvalue weighted by Crippen LogP contribution is 2.03. The average molecular weight is 281 g/mol. The Hall–Kier alpha value is -1.00. The highest BCUT2D eigenvalue weighted by Gasteiger charge is 1.93. The van der Waals surface area contributed by atoms with Crippen LogP contribution in [0.3, 0.4) is 0 Å². The number of rotatable bonds is 10. The molecule has 0 fully saturated rings. The van der Waals surface area contributed by atoms with Crippen LogP contribution >= 0.6 is 0 Å². The Balaban J connectivity index is 0. The van der Waals surface area contributed by atoms with E-state index in [0.717, 1.165) is 19.4 Å². The van der Waals surface area contributed by atoms with Crippen molar-refractivity contribution < 1.29 is 10.9 Å². The van der Waals surface area contributed by atoms with Gasteiger partial charge in [-0.15, -0.1) is 0 Å². The van der Waals surface area contributed by atoms with Gasteiger partial charge in [0.1, 0.15) is 6.61 Å². The van der Waals surface area contributed by atoms with Crippen LogP contribution in [0.4, 0.5) is 0 Å². The van der Waals surface area contributed by atoms with Crippen LogP contribution in [0.2, 0.25) is 0 Å². The zero-order valence-corrected chi connectivity index (χ0v) is 13.4. The molecule has 3 heteroatoms. The van der Waals surface area contributed by atoms with Gasteiger partial charge in [0.15, 0.2) is 0 Å². The lowest BCUT2D eigenvalue weighted by atomic mass is 10.1. The maximum Gasteiger partial charge on any atom is 0.108 e. The first kappa shape index (κ1) is 19.0. The lowest BCUT2D eigenvalue weighted by molar-refractivity contribution is 0.0608. The van der Waals surface area contributed by atoms with Crippen molar-refractivity contribution in [2.75, 3.05) is 33.0 Å². The van der Waals surface area contributed by atoms with Gasteiger partial charge in [-0.2, -0.15) is 0 Å². The molecule has 1 N–H and O–H groups in total. The molecule has 1 atom stereocenters. The fraction of sp³-hybridized carbons (Fsp3) is 0.765. The normalized spacial score (nSPS) is 11.4. The van der Waals surface area contributed by atoms with Gasteiger partial charge in [0, 0.05) is 20.4 Å². The third-order valence-electron chi connectivity index (χ3n) is 2.73. The topological polar surface area (TPSA) is 30.5 Å². The van der Waals surface area contributed by atoms with E-state index in [-0.39, 0.29) is 1.43 Å². The summed E-state index contributed by atoms with van der Waals surface area (Å²) in [7, 11) is 0. The highest BCUT2D eigenvalue weighted by molar-refractivity contribution is 5.25. The summed E-state index contributed by atoms with van der Waals surface area (Å²) < 4.78 is 10.7. The summed E-state index contributed by atoms with van der Waals surface area (Å²) in [6, 6.07) is 0.506. The molecule has 0 aromatic heterocycles. The summed E-state index contributed by atoms with van der Waals surface area (Å²) >= 11 is 0. The largest absolute Gasteiger partial charge is 0.378 e. The van der Waals surface area contributed by atoms with Crippen LogP contribution in [0.5, 0.6) is 0 Å². The zero-order valence-electron chi connectivity index (χ0n) is 13.4. The number of ether oxygens (including phenoxy) is 2. The van der Waals surface area contributed by atoms with Crippen LogP contribution in [-0.2, 0) is 9.47 Å². The van der Waals surface area contributed by atoms with Crippen molar-refractivity contribution in [2.45, 2.75) is 46.6 Å². The van der Waals surface area contributed by atoms with E-state index in [9.17, 15) is 0 Å². The molecule has 0 aromatic carbocycles. The molecule has 0 radical (unpaired) electrons. The van der Waals surface area contributed by atoms with Gasteiger partial charge in [-0.1, -0.05) is 46.0 Å². The predicted molar refractivity (Wildman–Crippen MR) is 86.5 cm³/mol. The second-order valence-electron chi connectivity index (χ2n) is 5.09. The zero-order chi connectivity index (χ0) is 15.1. The summed E-state index contributed by atoms with van der Waals surface area (Å²) in [5.74, 6) is 12.2. The van der Waals surface area contributed by atoms with E-state index in [1.165, 1.54) is 0 Å². The van der Waals surface area contributed by atoms with Crippen LogP contribution in [0, 0.1) is 29.6 Å². The Morgan fingerprint density at radius 2 is 1.70 bits per heavy atom. The molecule has 1 unspecified atom stereocenters. The molecular weight excluding hydrogens is 250 g/mol. The first-order chi connectivity index (χ1) is 9.66. The van der Waals surface area contributed by atoms with Gasteiger partial charge in [-0.25, -0.2) is 0 Å². The molecule has 116 valence electrons. The molecule has 0 aliphatic carbocycles.